The Morgan fingerprint density at radius 2 is 2.14 bits per heavy atom. The van der Waals surface area contributed by atoms with Crippen LogP contribution in [0.3, 0.4) is 0 Å². The summed E-state index contributed by atoms with van der Waals surface area (Å²) in [5.74, 6) is 5.46. The molecule has 0 aliphatic heterocycles. The molecule has 0 radical (unpaired) electrons. The van der Waals surface area contributed by atoms with Gasteiger partial charge >= 0.3 is 0 Å². The molecule has 0 amide bonds. The molecular formula is C15H20BrFN4. The van der Waals surface area contributed by atoms with Crippen LogP contribution in [0.5, 0.6) is 0 Å². The average Bonchev–Trinajstić information content (AvgIpc) is 2.91. The van der Waals surface area contributed by atoms with Crippen molar-refractivity contribution in [2.45, 2.75) is 39.3 Å². The van der Waals surface area contributed by atoms with Gasteiger partial charge in [-0.2, -0.15) is 5.10 Å². The molecule has 1 heterocycles. The van der Waals surface area contributed by atoms with Crippen LogP contribution in [0.2, 0.25) is 0 Å². The second-order valence-electron chi connectivity index (χ2n) is 4.89. The minimum Gasteiger partial charge on any atom is -0.271 e. The largest absolute Gasteiger partial charge is 0.271 e. The number of aromatic nitrogens is 2. The zero-order valence-corrected chi connectivity index (χ0v) is 13.8. The van der Waals surface area contributed by atoms with Crippen molar-refractivity contribution in [1.82, 2.24) is 15.2 Å². The van der Waals surface area contributed by atoms with Crippen molar-refractivity contribution in [3.8, 4) is 0 Å². The van der Waals surface area contributed by atoms with E-state index in [0.29, 0.717) is 12.0 Å². The van der Waals surface area contributed by atoms with Crippen LogP contribution in [0, 0.1) is 5.82 Å². The summed E-state index contributed by atoms with van der Waals surface area (Å²) < 4.78 is 16.7. The highest BCUT2D eigenvalue weighted by Gasteiger charge is 2.18. The summed E-state index contributed by atoms with van der Waals surface area (Å²) in [6.45, 7) is 4.85. The van der Waals surface area contributed by atoms with Crippen LogP contribution in [0.15, 0.2) is 28.7 Å². The lowest BCUT2D eigenvalue weighted by Crippen LogP contribution is -2.31. The monoisotopic (exact) mass is 354 g/mol. The number of halogens is 2. The Morgan fingerprint density at radius 3 is 2.76 bits per heavy atom. The van der Waals surface area contributed by atoms with Crippen LogP contribution >= 0.6 is 15.9 Å². The number of aryl methyl sites for hydroxylation is 2. The highest BCUT2D eigenvalue weighted by atomic mass is 79.9. The molecule has 0 bridgehead atoms. The lowest BCUT2D eigenvalue weighted by Gasteiger charge is -2.17. The van der Waals surface area contributed by atoms with E-state index >= 15 is 0 Å². The first kappa shape index (κ1) is 16.1. The first-order valence-electron chi connectivity index (χ1n) is 7.05. The van der Waals surface area contributed by atoms with Gasteiger partial charge in [-0.05, 0) is 49.6 Å². The summed E-state index contributed by atoms with van der Waals surface area (Å²) in [4.78, 5) is 0. The van der Waals surface area contributed by atoms with E-state index in [9.17, 15) is 4.39 Å². The van der Waals surface area contributed by atoms with Gasteiger partial charge in [0.25, 0.3) is 0 Å². The summed E-state index contributed by atoms with van der Waals surface area (Å²) >= 11 is 3.37. The van der Waals surface area contributed by atoms with Gasteiger partial charge in [-0.3, -0.25) is 16.0 Å². The molecule has 114 valence electrons. The third-order valence-corrected chi connectivity index (χ3v) is 4.01. The number of nitrogens with two attached hydrogens (primary N) is 1. The first-order valence-corrected chi connectivity index (χ1v) is 7.85. The van der Waals surface area contributed by atoms with Gasteiger partial charge in [0.1, 0.15) is 5.82 Å². The number of rotatable bonds is 6. The van der Waals surface area contributed by atoms with Gasteiger partial charge in [-0.15, -0.1) is 0 Å². The second-order valence-corrected chi connectivity index (χ2v) is 5.80. The van der Waals surface area contributed by atoms with Gasteiger partial charge in [-0.1, -0.05) is 22.9 Å². The van der Waals surface area contributed by atoms with E-state index in [1.807, 2.05) is 17.7 Å². The lowest BCUT2D eigenvalue weighted by atomic mass is 10.0. The van der Waals surface area contributed by atoms with Gasteiger partial charge in [0.15, 0.2) is 0 Å². The summed E-state index contributed by atoms with van der Waals surface area (Å²) in [5, 5.41) is 4.52. The van der Waals surface area contributed by atoms with Gasteiger partial charge < -0.3 is 0 Å². The van der Waals surface area contributed by atoms with Crippen molar-refractivity contribution in [1.29, 1.82) is 0 Å². The molecule has 0 fully saturated rings. The molecular weight excluding hydrogens is 335 g/mol. The van der Waals surface area contributed by atoms with Gasteiger partial charge in [0, 0.05) is 11.0 Å². The number of benzene rings is 1. The van der Waals surface area contributed by atoms with Crippen LogP contribution in [0.25, 0.3) is 0 Å². The Labute approximate surface area is 132 Å². The molecule has 0 saturated heterocycles. The average molecular weight is 355 g/mol. The van der Waals surface area contributed by atoms with Crippen LogP contribution in [0.4, 0.5) is 4.39 Å². The molecule has 0 aliphatic rings. The van der Waals surface area contributed by atoms with Crippen molar-refractivity contribution in [3.05, 3.63) is 51.5 Å². The number of nitrogens with zero attached hydrogens (tertiary/aromatic N) is 2. The van der Waals surface area contributed by atoms with E-state index in [1.54, 1.807) is 12.1 Å². The zero-order valence-electron chi connectivity index (χ0n) is 12.2. The molecule has 1 aromatic carbocycles. The van der Waals surface area contributed by atoms with E-state index in [-0.39, 0.29) is 11.9 Å². The number of hydrazine groups is 1. The smallest absolute Gasteiger partial charge is 0.126 e. The summed E-state index contributed by atoms with van der Waals surface area (Å²) in [6, 6.07) is 6.79. The Kier molecular flexibility index (Phi) is 5.50. The Balaban J connectivity index is 2.31. The van der Waals surface area contributed by atoms with Crippen LogP contribution in [0.1, 0.15) is 36.8 Å². The van der Waals surface area contributed by atoms with Crippen molar-refractivity contribution < 1.29 is 4.39 Å². The molecule has 1 unspecified atom stereocenters. The van der Waals surface area contributed by atoms with E-state index < -0.39 is 0 Å². The normalized spacial score (nSPS) is 12.6. The third kappa shape index (κ3) is 3.70. The summed E-state index contributed by atoms with van der Waals surface area (Å²) in [7, 11) is 0. The fourth-order valence-corrected chi connectivity index (χ4v) is 2.77. The van der Waals surface area contributed by atoms with Crippen LogP contribution in [-0.2, 0) is 19.4 Å². The quantitative estimate of drug-likeness (QED) is 0.618. The van der Waals surface area contributed by atoms with E-state index in [0.717, 1.165) is 28.8 Å². The zero-order chi connectivity index (χ0) is 15.4. The summed E-state index contributed by atoms with van der Waals surface area (Å²) in [5.41, 5.74) is 5.40. The second kappa shape index (κ2) is 7.15. The van der Waals surface area contributed by atoms with E-state index in [1.165, 1.54) is 6.07 Å². The minimum absolute atomic E-state index is 0.179. The number of hydrogen-bond donors (Lipinski definition) is 2. The molecule has 3 N–H and O–H groups in total. The van der Waals surface area contributed by atoms with Crippen molar-refractivity contribution in [2.24, 2.45) is 5.84 Å². The maximum absolute atomic E-state index is 13.9. The molecule has 1 atom stereocenters. The van der Waals surface area contributed by atoms with Crippen molar-refractivity contribution in [2.75, 3.05) is 0 Å². The van der Waals surface area contributed by atoms with Crippen molar-refractivity contribution in [3.63, 3.8) is 0 Å². The molecule has 2 rings (SSSR count). The standard InChI is InChI=1S/C15H20BrFN4/c1-3-12-9-15(21(4-2)20-12)14(19-18)8-10-7-11(16)5-6-13(10)17/h5-7,9,14,19H,3-4,8,18H2,1-2H3. The minimum atomic E-state index is -0.225. The van der Waals surface area contributed by atoms with E-state index in [4.69, 9.17) is 5.84 Å². The molecule has 6 heteroatoms. The molecule has 4 nitrogen and oxygen atoms in total. The Hall–Kier alpha value is -1.24. The SMILES string of the molecule is CCc1cc(C(Cc2cc(Br)ccc2F)NN)n(CC)n1. The first-order chi connectivity index (χ1) is 10.1. The molecule has 0 spiro atoms. The van der Waals surface area contributed by atoms with Gasteiger partial charge in [-0.25, -0.2) is 4.39 Å². The molecule has 0 aliphatic carbocycles. The van der Waals surface area contributed by atoms with Crippen LogP contribution < -0.4 is 11.3 Å². The lowest BCUT2D eigenvalue weighted by molar-refractivity contribution is 0.480. The molecule has 0 saturated carbocycles. The maximum atomic E-state index is 13.9. The Bertz CT molecular complexity index is 612. The topological polar surface area (TPSA) is 55.9 Å². The fourth-order valence-electron chi connectivity index (χ4n) is 2.36. The van der Waals surface area contributed by atoms with Crippen LogP contribution in [-0.4, -0.2) is 9.78 Å². The highest BCUT2D eigenvalue weighted by molar-refractivity contribution is 9.10. The third-order valence-electron chi connectivity index (χ3n) is 3.51. The van der Waals surface area contributed by atoms with E-state index in [2.05, 4.69) is 33.4 Å². The summed E-state index contributed by atoms with van der Waals surface area (Å²) in [6.07, 6.45) is 1.33. The molecule has 2 aromatic rings. The van der Waals surface area contributed by atoms with Crippen molar-refractivity contribution >= 4 is 15.9 Å². The predicted molar refractivity (Wildman–Crippen MR) is 85.1 cm³/mol. The maximum Gasteiger partial charge on any atom is 0.126 e. The highest BCUT2D eigenvalue weighted by Crippen LogP contribution is 2.23. The number of hydrogen-bond acceptors (Lipinski definition) is 3. The van der Waals surface area contributed by atoms with Gasteiger partial charge in [0.05, 0.1) is 17.4 Å². The Morgan fingerprint density at radius 1 is 1.38 bits per heavy atom. The van der Waals surface area contributed by atoms with Gasteiger partial charge in [0.2, 0.25) is 0 Å². The fraction of sp³-hybridized carbons (Fsp3) is 0.400. The molecule has 1 aromatic heterocycles. The predicted octanol–water partition coefficient (Wildman–Crippen LogP) is 3.11. The molecule has 21 heavy (non-hydrogen) atoms. The number of nitrogens with one attached hydrogen (secondary N) is 1.